The minimum Gasteiger partial charge on any atom is -0.489 e. The van der Waals surface area contributed by atoms with Gasteiger partial charge in [-0.05, 0) is 49.3 Å². The van der Waals surface area contributed by atoms with Gasteiger partial charge in [-0.2, -0.15) is 0 Å². The van der Waals surface area contributed by atoms with Crippen molar-refractivity contribution in [2.75, 3.05) is 0 Å². The van der Waals surface area contributed by atoms with Crippen molar-refractivity contribution in [1.29, 1.82) is 5.41 Å². The molecule has 104 valence electrons. The van der Waals surface area contributed by atoms with Gasteiger partial charge in [0.2, 0.25) is 0 Å². The van der Waals surface area contributed by atoms with E-state index in [4.69, 9.17) is 27.5 Å². The molecule has 1 aromatic rings. The van der Waals surface area contributed by atoms with Gasteiger partial charge in [0.25, 0.3) is 0 Å². The average Bonchev–Trinajstić information content (AvgIpc) is 2.30. The van der Waals surface area contributed by atoms with E-state index in [1.54, 1.807) is 12.1 Å². The molecular weight excluding hydrogens is 260 g/mol. The summed E-state index contributed by atoms with van der Waals surface area (Å²) in [5, 5.41) is 7.91. The van der Waals surface area contributed by atoms with Crippen LogP contribution in [0.25, 0.3) is 0 Å². The van der Waals surface area contributed by atoms with Crippen LogP contribution in [0.15, 0.2) is 18.2 Å². The first-order valence-corrected chi connectivity index (χ1v) is 7.14. The lowest BCUT2D eigenvalue weighted by Crippen LogP contribution is -2.28. The molecule has 0 radical (unpaired) electrons. The van der Waals surface area contributed by atoms with E-state index in [9.17, 15) is 0 Å². The molecule has 0 saturated heterocycles. The number of ether oxygens (including phenoxy) is 1. The van der Waals surface area contributed by atoms with Crippen LogP contribution >= 0.6 is 11.6 Å². The van der Waals surface area contributed by atoms with E-state index in [1.165, 1.54) is 6.42 Å². The van der Waals surface area contributed by atoms with Gasteiger partial charge in [-0.15, -0.1) is 0 Å². The lowest BCUT2D eigenvalue weighted by Gasteiger charge is -2.31. The molecule has 3 nitrogen and oxygen atoms in total. The van der Waals surface area contributed by atoms with Crippen LogP contribution in [-0.4, -0.2) is 11.9 Å². The molecule has 0 amide bonds. The van der Waals surface area contributed by atoms with Gasteiger partial charge in [0.05, 0.1) is 11.1 Å². The highest BCUT2D eigenvalue weighted by atomic mass is 35.5. The fourth-order valence-corrected chi connectivity index (χ4v) is 3.14. The molecule has 1 fully saturated rings. The van der Waals surface area contributed by atoms with Crippen LogP contribution in [0.4, 0.5) is 0 Å². The number of nitrogens with one attached hydrogen (secondary N) is 1. The van der Waals surface area contributed by atoms with Crippen LogP contribution in [0.3, 0.4) is 0 Å². The molecule has 1 aliphatic carbocycles. The topological polar surface area (TPSA) is 59.1 Å². The molecule has 4 heteroatoms. The van der Waals surface area contributed by atoms with E-state index in [-0.39, 0.29) is 11.9 Å². The first-order valence-electron chi connectivity index (χ1n) is 6.76. The zero-order chi connectivity index (χ0) is 14.0. The molecule has 0 spiro atoms. The number of halogens is 1. The van der Waals surface area contributed by atoms with Gasteiger partial charge in [-0.25, -0.2) is 0 Å². The number of hydrogen-bond donors (Lipinski definition) is 2. The van der Waals surface area contributed by atoms with Gasteiger partial charge in [0.1, 0.15) is 11.6 Å². The van der Waals surface area contributed by atoms with Crippen molar-refractivity contribution in [3.8, 4) is 5.75 Å². The van der Waals surface area contributed by atoms with E-state index in [1.807, 2.05) is 6.07 Å². The average molecular weight is 281 g/mol. The number of hydrogen-bond acceptors (Lipinski definition) is 2. The van der Waals surface area contributed by atoms with Gasteiger partial charge in [-0.3, -0.25) is 5.41 Å². The molecule has 2 rings (SSSR count). The molecular formula is C15H21ClN2O. The van der Waals surface area contributed by atoms with Crippen LogP contribution in [0, 0.1) is 17.2 Å². The smallest absolute Gasteiger partial charge is 0.138 e. The largest absolute Gasteiger partial charge is 0.489 e. The van der Waals surface area contributed by atoms with Gasteiger partial charge in [-0.1, -0.05) is 25.4 Å². The normalized spacial score (nSPS) is 27.0. The quantitative estimate of drug-likeness (QED) is 0.653. The van der Waals surface area contributed by atoms with Crippen LogP contribution in [-0.2, 0) is 0 Å². The predicted octanol–water partition coefficient (Wildman–Crippen LogP) is 3.83. The molecule has 2 atom stereocenters. The summed E-state index contributed by atoms with van der Waals surface area (Å²) in [4.78, 5) is 0. The minimum atomic E-state index is 0.0216. The number of benzene rings is 1. The third-order valence-electron chi connectivity index (χ3n) is 3.67. The van der Waals surface area contributed by atoms with E-state index >= 15 is 0 Å². The Bertz CT molecular complexity index is 465. The molecule has 0 aliphatic heterocycles. The monoisotopic (exact) mass is 280 g/mol. The van der Waals surface area contributed by atoms with Crippen LogP contribution in [0.2, 0.25) is 5.02 Å². The Balaban J connectivity index is 2.08. The zero-order valence-corrected chi connectivity index (χ0v) is 12.2. The molecule has 0 aromatic heterocycles. The SMILES string of the molecule is CC1CC(C)CC(Oc2ccc(C(=N)N)cc2Cl)C1. The first kappa shape index (κ1) is 14.2. The van der Waals surface area contributed by atoms with E-state index in [2.05, 4.69) is 13.8 Å². The van der Waals surface area contributed by atoms with Crippen molar-refractivity contribution < 1.29 is 4.74 Å². The summed E-state index contributed by atoms with van der Waals surface area (Å²) in [5.41, 5.74) is 6.06. The third kappa shape index (κ3) is 3.63. The maximum atomic E-state index is 7.39. The van der Waals surface area contributed by atoms with Crippen molar-refractivity contribution in [3.63, 3.8) is 0 Å². The fraction of sp³-hybridized carbons (Fsp3) is 0.533. The second kappa shape index (κ2) is 5.83. The van der Waals surface area contributed by atoms with Crippen molar-refractivity contribution in [2.45, 2.75) is 39.2 Å². The fourth-order valence-electron chi connectivity index (χ4n) is 2.91. The summed E-state index contributed by atoms with van der Waals surface area (Å²) in [6.07, 6.45) is 3.67. The zero-order valence-electron chi connectivity index (χ0n) is 11.4. The Morgan fingerprint density at radius 3 is 2.42 bits per heavy atom. The second-order valence-electron chi connectivity index (χ2n) is 5.72. The lowest BCUT2D eigenvalue weighted by molar-refractivity contribution is 0.101. The Kier molecular flexibility index (Phi) is 4.35. The van der Waals surface area contributed by atoms with Crippen LogP contribution in [0.1, 0.15) is 38.7 Å². The highest BCUT2D eigenvalue weighted by molar-refractivity contribution is 6.32. The maximum Gasteiger partial charge on any atom is 0.138 e. The number of nitrogens with two attached hydrogens (primary N) is 1. The van der Waals surface area contributed by atoms with Gasteiger partial charge in [0, 0.05) is 5.56 Å². The highest BCUT2D eigenvalue weighted by Crippen LogP contribution is 2.33. The third-order valence-corrected chi connectivity index (χ3v) is 3.97. The van der Waals surface area contributed by atoms with Crippen molar-refractivity contribution in [2.24, 2.45) is 17.6 Å². The highest BCUT2D eigenvalue weighted by Gasteiger charge is 2.25. The summed E-state index contributed by atoms with van der Waals surface area (Å²) in [7, 11) is 0. The first-order chi connectivity index (χ1) is 8.95. The lowest BCUT2D eigenvalue weighted by atomic mass is 9.82. The Hall–Kier alpha value is -1.22. The maximum absolute atomic E-state index is 7.39. The molecule has 0 heterocycles. The molecule has 1 aliphatic rings. The molecule has 0 bridgehead atoms. The summed E-state index contributed by atoms with van der Waals surface area (Å²) in [6.45, 7) is 4.54. The van der Waals surface area contributed by atoms with Crippen molar-refractivity contribution >= 4 is 17.4 Å². The molecule has 1 saturated carbocycles. The van der Waals surface area contributed by atoms with E-state index < -0.39 is 0 Å². The molecule has 3 N–H and O–H groups in total. The Morgan fingerprint density at radius 2 is 1.89 bits per heavy atom. The number of amidine groups is 1. The Morgan fingerprint density at radius 1 is 1.26 bits per heavy atom. The van der Waals surface area contributed by atoms with Gasteiger partial charge in [0.15, 0.2) is 0 Å². The van der Waals surface area contributed by atoms with Crippen molar-refractivity contribution in [1.82, 2.24) is 0 Å². The number of nitrogen functional groups attached to an aromatic ring is 1. The molecule has 19 heavy (non-hydrogen) atoms. The molecule has 1 aromatic carbocycles. The van der Waals surface area contributed by atoms with Gasteiger partial charge >= 0.3 is 0 Å². The predicted molar refractivity (Wildman–Crippen MR) is 79.1 cm³/mol. The molecule has 2 unspecified atom stereocenters. The summed E-state index contributed by atoms with van der Waals surface area (Å²) < 4.78 is 6.02. The summed E-state index contributed by atoms with van der Waals surface area (Å²) >= 11 is 6.19. The standard InChI is InChI=1S/C15H21ClN2O/c1-9-5-10(2)7-12(6-9)19-14-4-3-11(15(17)18)8-13(14)16/h3-4,8-10,12H,5-7H2,1-2H3,(H3,17,18). The van der Waals surface area contributed by atoms with Crippen LogP contribution < -0.4 is 10.5 Å². The van der Waals surface area contributed by atoms with E-state index in [0.717, 1.165) is 12.8 Å². The second-order valence-corrected chi connectivity index (χ2v) is 6.12. The minimum absolute atomic E-state index is 0.0216. The van der Waals surface area contributed by atoms with Crippen molar-refractivity contribution in [3.05, 3.63) is 28.8 Å². The van der Waals surface area contributed by atoms with Crippen LogP contribution in [0.5, 0.6) is 5.75 Å². The Labute approximate surface area is 119 Å². The summed E-state index contributed by atoms with van der Waals surface area (Å²) in [6, 6.07) is 5.27. The number of rotatable bonds is 3. The van der Waals surface area contributed by atoms with E-state index in [0.29, 0.717) is 28.2 Å². The summed E-state index contributed by atoms with van der Waals surface area (Å²) in [5.74, 6) is 2.11. The van der Waals surface area contributed by atoms with Gasteiger partial charge < -0.3 is 10.5 Å².